The minimum atomic E-state index is -1.05. The lowest BCUT2D eigenvalue weighted by molar-refractivity contribution is 0.0690. The first-order valence-electron chi connectivity index (χ1n) is 17.4. The molecule has 5 heteroatoms. The molecule has 2 aliphatic rings. The molecule has 3 aromatic rings. The van der Waals surface area contributed by atoms with Crippen LogP contribution in [0.3, 0.4) is 0 Å². The van der Waals surface area contributed by atoms with Crippen LogP contribution in [0.5, 0.6) is 17.2 Å². The van der Waals surface area contributed by atoms with Crippen LogP contribution in [-0.2, 0) is 0 Å². The average Bonchev–Trinajstić information content (AvgIpc) is 3.07. The summed E-state index contributed by atoms with van der Waals surface area (Å²) in [5.41, 5.74) is 2.46. The van der Waals surface area contributed by atoms with E-state index in [2.05, 4.69) is 20.8 Å². The number of hydrogen-bond donors (Lipinski definition) is 2. The zero-order valence-corrected chi connectivity index (χ0v) is 29.2. The number of carbonyl (C=O) groups is 1. The van der Waals surface area contributed by atoms with Gasteiger partial charge in [-0.2, -0.15) is 0 Å². The predicted octanol–water partition coefficient (Wildman–Crippen LogP) is 11.7. The number of ether oxygens (including phenoxy) is 2. The molecule has 0 radical (unpaired) electrons. The number of phenolic OH excluding ortho intramolecular Hbond substituents is 1. The molecule has 2 aliphatic carbocycles. The predicted molar refractivity (Wildman–Crippen MR) is 189 cm³/mol. The van der Waals surface area contributed by atoms with E-state index in [1.807, 2.05) is 90.1 Å². The first-order valence-corrected chi connectivity index (χ1v) is 17.4. The summed E-state index contributed by atoms with van der Waals surface area (Å²) in [6.07, 6.45) is 8.27. The van der Waals surface area contributed by atoms with Crippen LogP contribution in [0.15, 0.2) is 60.7 Å². The van der Waals surface area contributed by atoms with Crippen LogP contribution in [0, 0.1) is 17.8 Å². The molecule has 0 saturated heterocycles. The second-order valence-corrected chi connectivity index (χ2v) is 11.6. The summed E-state index contributed by atoms with van der Waals surface area (Å²) >= 11 is 0. The maximum Gasteiger partial charge on any atom is 0.336 e. The number of carboxylic acids is 1. The Kier molecular flexibility index (Phi) is 16.0. The van der Waals surface area contributed by atoms with Crippen molar-refractivity contribution in [3.63, 3.8) is 0 Å². The molecule has 5 rings (SSSR count). The lowest BCUT2D eigenvalue weighted by atomic mass is 9.79. The molecule has 0 amide bonds. The highest BCUT2D eigenvalue weighted by molar-refractivity contribution is 6.03. The SMILES string of the molecule is CC.CC.CC.CC1CCCCC1Oc1cccc(-c2cc(O)cc(-c3cccc(OC4CCCC(C)C4C)c3)c2C(=O)O)c1. The van der Waals surface area contributed by atoms with Crippen molar-refractivity contribution in [3.05, 3.63) is 66.2 Å². The Morgan fingerprint density at radius 3 is 1.62 bits per heavy atom. The minimum absolute atomic E-state index is 0.0123. The summed E-state index contributed by atoms with van der Waals surface area (Å²) in [4.78, 5) is 12.7. The molecule has 0 spiro atoms. The van der Waals surface area contributed by atoms with Crippen molar-refractivity contribution in [2.24, 2.45) is 17.8 Å². The van der Waals surface area contributed by atoms with Crippen molar-refractivity contribution < 1.29 is 24.5 Å². The number of aromatic carboxylic acids is 1. The van der Waals surface area contributed by atoms with E-state index in [4.69, 9.17) is 9.47 Å². The van der Waals surface area contributed by atoms with E-state index in [0.717, 1.165) is 43.6 Å². The third kappa shape index (κ3) is 10.0. The standard InChI is InChI=1S/C34H40O5.3C2H6/c1-21-10-6-16-32(23(21)3)39-28-14-8-12-25(18-28)30-20-26(35)19-29(33(30)34(36)37)24-11-7-13-27(17-24)38-31-15-5-4-9-22(31)2;3*1-2/h7-8,11-14,17-23,31-32,35H,4-6,9-10,15-16H2,1-3H3,(H,36,37);3*1-2H3. The monoisotopic (exact) mass is 618 g/mol. The van der Waals surface area contributed by atoms with Crippen molar-refractivity contribution in [2.75, 3.05) is 0 Å². The number of benzene rings is 3. The van der Waals surface area contributed by atoms with E-state index >= 15 is 0 Å². The molecule has 0 aliphatic heterocycles. The van der Waals surface area contributed by atoms with Gasteiger partial charge < -0.3 is 19.7 Å². The van der Waals surface area contributed by atoms with Crippen molar-refractivity contribution in [1.29, 1.82) is 0 Å². The third-order valence-corrected chi connectivity index (χ3v) is 8.87. The van der Waals surface area contributed by atoms with E-state index in [1.54, 1.807) is 0 Å². The van der Waals surface area contributed by atoms with Gasteiger partial charge in [0.1, 0.15) is 29.5 Å². The summed E-state index contributed by atoms with van der Waals surface area (Å²) < 4.78 is 12.8. The molecule has 45 heavy (non-hydrogen) atoms. The topological polar surface area (TPSA) is 76.0 Å². The Balaban J connectivity index is 0.00000111. The van der Waals surface area contributed by atoms with Crippen LogP contribution in [-0.4, -0.2) is 28.4 Å². The van der Waals surface area contributed by atoms with E-state index in [0.29, 0.717) is 40.0 Å². The number of carboxylic acid groups (broad SMARTS) is 1. The van der Waals surface area contributed by atoms with Crippen LogP contribution in [0.1, 0.15) is 118 Å². The Bertz CT molecular complexity index is 1320. The smallest absolute Gasteiger partial charge is 0.336 e. The first-order chi connectivity index (χ1) is 21.8. The van der Waals surface area contributed by atoms with Gasteiger partial charge in [0.05, 0.1) is 5.56 Å². The number of phenols is 1. The highest BCUT2D eigenvalue weighted by Gasteiger charge is 2.29. The fourth-order valence-corrected chi connectivity index (χ4v) is 6.29. The summed E-state index contributed by atoms with van der Waals surface area (Å²) in [5, 5.41) is 21.1. The highest BCUT2D eigenvalue weighted by Crippen LogP contribution is 2.40. The second-order valence-electron chi connectivity index (χ2n) is 11.6. The molecule has 0 heterocycles. The summed E-state index contributed by atoms with van der Waals surface area (Å²) in [6, 6.07) is 18.2. The van der Waals surface area contributed by atoms with Gasteiger partial charge in [-0.15, -0.1) is 0 Å². The quantitative estimate of drug-likeness (QED) is 0.275. The molecule has 5 atom stereocenters. The molecule has 0 bridgehead atoms. The van der Waals surface area contributed by atoms with E-state index in [9.17, 15) is 15.0 Å². The Morgan fingerprint density at radius 2 is 1.11 bits per heavy atom. The zero-order chi connectivity index (χ0) is 33.5. The summed E-state index contributed by atoms with van der Waals surface area (Å²) in [6.45, 7) is 18.8. The Labute approximate surface area is 273 Å². The molecule has 3 aromatic carbocycles. The van der Waals surface area contributed by atoms with Gasteiger partial charge in [0, 0.05) is 11.1 Å². The van der Waals surface area contributed by atoms with Crippen LogP contribution in [0.25, 0.3) is 22.3 Å². The van der Waals surface area contributed by atoms with Gasteiger partial charge in [-0.25, -0.2) is 4.79 Å². The van der Waals surface area contributed by atoms with Gasteiger partial charge in [0.2, 0.25) is 0 Å². The fraction of sp³-hybridized carbons (Fsp3) is 0.525. The van der Waals surface area contributed by atoms with E-state index in [-0.39, 0.29) is 23.5 Å². The number of hydrogen-bond acceptors (Lipinski definition) is 4. The van der Waals surface area contributed by atoms with Gasteiger partial charge in [-0.3, -0.25) is 0 Å². The fourth-order valence-electron chi connectivity index (χ4n) is 6.29. The van der Waals surface area contributed by atoms with E-state index in [1.165, 1.54) is 25.0 Å². The van der Waals surface area contributed by atoms with Crippen LogP contribution >= 0.6 is 0 Å². The molecule has 2 N–H and O–H groups in total. The van der Waals surface area contributed by atoms with Crippen LogP contribution < -0.4 is 9.47 Å². The summed E-state index contributed by atoms with van der Waals surface area (Å²) in [5.74, 6) is 1.95. The summed E-state index contributed by atoms with van der Waals surface area (Å²) in [7, 11) is 0. The first kappa shape index (κ1) is 37.7. The molecule has 0 aromatic heterocycles. The van der Waals surface area contributed by atoms with Crippen molar-refractivity contribution in [2.45, 2.75) is 119 Å². The Morgan fingerprint density at radius 1 is 0.644 bits per heavy atom. The third-order valence-electron chi connectivity index (χ3n) is 8.87. The molecule has 2 fully saturated rings. The maximum absolute atomic E-state index is 12.7. The van der Waals surface area contributed by atoms with Gasteiger partial charge >= 0.3 is 5.97 Å². The normalized spacial score (nSPS) is 22.2. The molecular weight excluding hydrogens is 560 g/mol. The lowest BCUT2D eigenvalue weighted by Gasteiger charge is -2.34. The van der Waals surface area contributed by atoms with Crippen molar-refractivity contribution >= 4 is 5.97 Å². The van der Waals surface area contributed by atoms with Gasteiger partial charge in [-0.1, -0.05) is 99.4 Å². The highest BCUT2D eigenvalue weighted by atomic mass is 16.5. The molecule has 248 valence electrons. The number of aromatic hydroxyl groups is 1. The van der Waals surface area contributed by atoms with Crippen molar-refractivity contribution in [3.8, 4) is 39.5 Å². The lowest BCUT2D eigenvalue weighted by Crippen LogP contribution is -2.33. The molecule has 5 unspecified atom stereocenters. The average molecular weight is 619 g/mol. The van der Waals surface area contributed by atoms with Gasteiger partial charge in [0.15, 0.2) is 0 Å². The molecule has 5 nitrogen and oxygen atoms in total. The van der Waals surface area contributed by atoms with Gasteiger partial charge in [0.25, 0.3) is 0 Å². The maximum atomic E-state index is 12.7. The van der Waals surface area contributed by atoms with Gasteiger partial charge in [-0.05, 0) is 97.4 Å². The zero-order valence-electron chi connectivity index (χ0n) is 29.2. The van der Waals surface area contributed by atoms with Crippen LogP contribution in [0.2, 0.25) is 0 Å². The molecule has 2 saturated carbocycles. The van der Waals surface area contributed by atoms with E-state index < -0.39 is 5.97 Å². The largest absolute Gasteiger partial charge is 0.508 e. The molecular formula is C40H58O5. The van der Waals surface area contributed by atoms with Crippen LogP contribution in [0.4, 0.5) is 0 Å². The minimum Gasteiger partial charge on any atom is -0.508 e. The van der Waals surface area contributed by atoms with Crippen molar-refractivity contribution in [1.82, 2.24) is 0 Å². The number of rotatable bonds is 7. The second kappa shape index (κ2) is 19.1. The Hall–Kier alpha value is -3.47.